The van der Waals surface area contributed by atoms with Gasteiger partial charge in [0.2, 0.25) is 15.6 Å². The van der Waals surface area contributed by atoms with Crippen LogP contribution in [0.4, 0.5) is 0 Å². The van der Waals surface area contributed by atoms with Gasteiger partial charge in [-0.1, -0.05) is 17.7 Å². The monoisotopic (exact) mass is 353 g/mol. The molecule has 3 aromatic heterocycles. The van der Waals surface area contributed by atoms with Gasteiger partial charge in [-0.15, -0.1) is 5.10 Å². The number of hydrogen-bond acceptors (Lipinski definition) is 6. The molecule has 0 radical (unpaired) electrons. The summed E-state index contributed by atoms with van der Waals surface area (Å²) in [6.45, 7) is 2.08. The molecule has 3 heterocycles. The topological polar surface area (TPSA) is 99.2 Å². The molecule has 3 rings (SSSR count). The largest absolute Gasteiger partial charge is 0.310 e. The fraction of sp³-hybridized carbons (Fsp3) is 0.231. The maximum absolute atomic E-state index is 12.0. The predicted octanol–water partition coefficient (Wildman–Crippen LogP) is 0.700. The molecule has 10 heteroatoms. The summed E-state index contributed by atoms with van der Waals surface area (Å²) in [5, 5.41) is 3.78. The maximum Gasteiger partial charge on any atom is 0.275 e. The lowest BCUT2D eigenvalue weighted by molar-refractivity contribution is 0.592. The molecule has 0 saturated heterocycles. The summed E-state index contributed by atoms with van der Waals surface area (Å²) in [5.41, 5.74) is 1.02. The van der Waals surface area contributed by atoms with Crippen LogP contribution in [0, 0.1) is 6.92 Å². The highest BCUT2D eigenvalue weighted by molar-refractivity contribution is 7.90. The molecule has 0 aliphatic rings. The molecule has 0 aliphatic carbocycles. The third-order valence-corrected chi connectivity index (χ3v) is 4.30. The molecule has 0 bridgehead atoms. The van der Waals surface area contributed by atoms with E-state index < -0.39 is 15.4 Å². The van der Waals surface area contributed by atoms with Crippen molar-refractivity contribution in [1.82, 2.24) is 24.1 Å². The van der Waals surface area contributed by atoms with Crippen molar-refractivity contribution in [3.63, 3.8) is 0 Å². The first-order chi connectivity index (χ1) is 10.8. The fourth-order valence-electron chi connectivity index (χ4n) is 2.12. The van der Waals surface area contributed by atoms with Crippen molar-refractivity contribution in [2.75, 3.05) is 6.26 Å². The van der Waals surface area contributed by atoms with Crippen LogP contribution < -0.4 is 5.56 Å². The zero-order valence-corrected chi connectivity index (χ0v) is 13.8. The zero-order valence-electron chi connectivity index (χ0n) is 12.3. The van der Waals surface area contributed by atoms with Crippen molar-refractivity contribution in [2.45, 2.75) is 18.6 Å². The zero-order chi connectivity index (χ0) is 16.8. The molecule has 8 nitrogen and oxygen atoms in total. The molecule has 0 amide bonds. The van der Waals surface area contributed by atoms with Crippen LogP contribution in [-0.2, 0) is 16.4 Å². The van der Waals surface area contributed by atoms with E-state index in [0.29, 0.717) is 17.4 Å². The van der Waals surface area contributed by atoms with Crippen molar-refractivity contribution in [1.29, 1.82) is 0 Å². The van der Waals surface area contributed by atoms with Crippen LogP contribution >= 0.6 is 11.6 Å². The van der Waals surface area contributed by atoms with Crippen molar-refractivity contribution < 1.29 is 8.42 Å². The Kier molecular flexibility index (Phi) is 3.69. The Morgan fingerprint density at radius 2 is 2.04 bits per heavy atom. The number of pyridine rings is 1. The second-order valence-electron chi connectivity index (χ2n) is 5.08. The van der Waals surface area contributed by atoms with E-state index in [1.165, 1.54) is 6.07 Å². The summed E-state index contributed by atoms with van der Waals surface area (Å²) in [7, 11) is -3.61. The number of nitrogens with zero attached hydrogens (tertiary/aromatic N) is 5. The van der Waals surface area contributed by atoms with Crippen LogP contribution in [0.25, 0.3) is 5.78 Å². The van der Waals surface area contributed by atoms with Crippen LogP contribution in [0.3, 0.4) is 0 Å². The summed E-state index contributed by atoms with van der Waals surface area (Å²) >= 11 is 5.76. The molecule has 0 fully saturated rings. The van der Waals surface area contributed by atoms with Gasteiger partial charge in [-0.3, -0.25) is 4.79 Å². The Balaban J connectivity index is 2.21. The molecule has 0 spiro atoms. The summed E-state index contributed by atoms with van der Waals surface area (Å²) in [4.78, 5) is 20.0. The quantitative estimate of drug-likeness (QED) is 0.643. The number of aryl methyl sites for hydroxylation is 1. The second kappa shape index (κ2) is 5.43. The minimum Gasteiger partial charge on any atom is -0.310 e. The Morgan fingerprint density at radius 3 is 2.65 bits per heavy atom. The van der Waals surface area contributed by atoms with Crippen molar-refractivity contribution in [3.05, 3.63) is 51.2 Å². The highest BCUT2D eigenvalue weighted by Crippen LogP contribution is 2.12. The van der Waals surface area contributed by atoms with Gasteiger partial charge in [0.25, 0.3) is 10.7 Å². The normalized spacial score (nSPS) is 12.0. The third-order valence-electron chi connectivity index (χ3n) is 3.24. The number of sulfone groups is 1. The number of fused-ring (bicyclic) bond motifs is 1. The van der Waals surface area contributed by atoms with E-state index in [1.54, 1.807) is 29.8 Å². The number of hydrogen-bond donors (Lipinski definition) is 0. The molecule has 0 unspecified atom stereocenters. The maximum atomic E-state index is 12.0. The third kappa shape index (κ3) is 2.97. The molecule has 3 aromatic rings. The second-order valence-corrected chi connectivity index (χ2v) is 7.37. The van der Waals surface area contributed by atoms with Crippen LogP contribution in [0.1, 0.15) is 11.3 Å². The molecule has 0 N–H and O–H groups in total. The Hall–Kier alpha value is -2.26. The minimum absolute atomic E-state index is 0.158. The first-order valence-electron chi connectivity index (χ1n) is 6.53. The molecular weight excluding hydrogens is 342 g/mol. The van der Waals surface area contributed by atoms with Crippen LogP contribution in [0.2, 0.25) is 5.15 Å². The fourth-order valence-corrected chi connectivity index (χ4v) is 2.71. The van der Waals surface area contributed by atoms with Gasteiger partial charge in [-0.25, -0.2) is 13.4 Å². The van der Waals surface area contributed by atoms with Gasteiger partial charge in [0.05, 0.1) is 6.54 Å². The van der Waals surface area contributed by atoms with E-state index in [1.807, 2.05) is 0 Å². The molecule has 0 saturated carbocycles. The average molecular weight is 354 g/mol. The van der Waals surface area contributed by atoms with Crippen LogP contribution in [0.15, 0.2) is 34.3 Å². The Morgan fingerprint density at radius 1 is 1.30 bits per heavy atom. The van der Waals surface area contributed by atoms with Gasteiger partial charge in [-0.2, -0.15) is 9.50 Å². The lowest BCUT2D eigenvalue weighted by Crippen LogP contribution is -2.20. The van der Waals surface area contributed by atoms with E-state index in [2.05, 4.69) is 15.1 Å². The van der Waals surface area contributed by atoms with Crippen molar-refractivity contribution in [2.24, 2.45) is 0 Å². The van der Waals surface area contributed by atoms with E-state index >= 15 is 0 Å². The van der Waals surface area contributed by atoms with Gasteiger partial charge in [-0.05, 0) is 18.6 Å². The molecular formula is C13H12ClN5O3S. The standard InChI is InChI=1S/C13H12ClN5O3S/c1-8-5-11(20)19-13(16-12(17-19)23(2,21)22)18(8)7-9-3-4-10(14)15-6-9/h3-6H,7H2,1-2H3. The highest BCUT2D eigenvalue weighted by atomic mass is 35.5. The number of halogens is 1. The molecule has 0 atom stereocenters. The van der Waals surface area contributed by atoms with E-state index in [4.69, 9.17) is 11.6 Å². The first-order valence-corrected chi connectivity index (χ1v) is 8.80. The molecule has 0 aromatic carbocycles. The summed E-state index contributed by atoms with van der Waals surface area (Å²) < 4.78 is 25.9. The SMILES string of the molecule is Cc1cc(=O)n2nc(S(C)(=O)=O)nc2n1Cc1ccc(Cl)nc1. The summed E-state index contributed by atoms with van der Waals surface area (Å²) in [5.74, 6) is 0.158. The highest BCUT2D eigenvalue weighted by Gasteiger charge is 2.18. The van der Waals surface area contributed by atoms with Crippen molar-refractivity contribution >= 4 is 27.2 Å². The molecule has 0 aliphatic heterocycles. The predicted molar refractivity (Wildman–Crippen MR) is 83.4 cm³/mol. The van der Waals surface area contributed by atoms with Crippen LogP contribution in [0.5, 0.6) is 0 Å². The van der Waals surface area contributed by atoms with Gasteiger partial charge in [0.1, 0.15) is 5.15 Å². The Bertz CT molecular complexity index is 1050. The summed E-state index contributed by atoms with van der Waals surface area (Å²) in [6.07, 6.45) is 2.59. The van der Waals surface area contributed by atoms with Gasteiger partial charge in [0.15, 0.2) is 0 Å². The summed E-state index contributed by atoms with van der Waals surface area (Å²) in [6, 6.07) is 4.81. The molecule has 23 heavy (non-hydrogen) atoms. The van der Waals surface area contributed by atoms with E-state index in [0.717, 1.165) is 16.3 Å². The first kappa shape index (κ1) is 15.6. The van der Waals surface area contributed by atoms with E-state index in [9.17, 15) is 13.2 Å². The lowest BCUT2D eigenvalue weighted by atomic mass is 10.3. The van der Waals surface area contributed by atoms with Crippen molar-refractivity contribution in [3.8, 4) is 0 Å². The number of rotatable bonds is 3. The van der Waals surface area contributed by atoms with E-state index in [-0.39, 0.29) is 10.9 Å². The number of aromatic nitrogens is 5. The average Bonchev–Trinajstić information content (AvgIpc) is 2.91. The van der Waals surface area contributed by atoms with Gasteiger partial charge < -0.3 is 4.57 Å². The smallest absolute Gasteiger partial charge is 0.275 e. The van der Waals surface area contributed by atoms with Gasteiger partial charge in [0, 0.05) is 24.2 Å². The van der Waals surface area contributed by atoms with Gasteiger partial charge >= 0.3 is 0 Å². The minimum atomic E-state index is -3.61. The molecule has 120 valence electrons. The lowest BCUT2D eigenvalue weighted by Gasteiger charge is -2.11. The Labute approximate surface area is 136 Å². The van der Waals surface area contributed by atoms with Crippen LogP contribution in [-0.4, -0.2) is 38.8 Å².